The van der Waals surface area contributed by atoms with Crippen LogP contribution in [0.2, 0.25) is 0 Å². The largest absolute Gasteiger partial charge is 0.468 e. The highest BCUT2D eigenvalue weighted by Crippen LogP contribution is 2.40. The molecule has 0 radical (unpaired) electrons. The monoisotopic (exact) mass is 466 g/mol. The van der Waals surface area contributed by atoms with Crippen LogP contribution in [0.5, 0.6) is 0 Å². The Morgan fingerprint density at radius 2 is 1.79 bits per heavy atom. The van der Waals surface area contributed by atoms with Crippen molar-refractivity contribution in [2.45, 2.75) is 57.7 Å². The van der Waals surface area contributed by atoms with Crippen molar-refractivity contribution in [2.75, 3.05) is 13.7 Å². The van der Waals surface area contributed by atoms with Crippen LogP contribution in [-0.4, -0.2) is 36.2 Å². The lowest BCUT2D eigenvalue weighted by molar-refractivity contribution is -0.144. The molecule has 0 atom stereocenters. The third-order valence-electron chi connectivity index (χ3n) is 6.76. The molecule has 1 heterocycles. The number of halogens is 1. The first-order chi connectivity index (χ1) is 16.5. The maximum absolute atomic E-state index is 14.1. The fraction of sp³-hybridized carbons (Fsp3) is 0.407. The number of methoxy groups -OCH3 is 1. The van der Waals surface area contributed by atoms with Gasteiger partial charge in [-0.15, -0.1) is 0 Å². The molecule has 6 nitrogen and oxygen atoms in total. The van der Waals surface area contributed by atoms with Crippen molar-refractivity contribution in [3.63, 3.8) is 0 Å². The van der Waals surface area contributed by atoms with Crippen LogP contribution in [0.3, 0.4) is 0 Å². The van der Waals surface area contributed by atoms with E-state index in [1.165, 1.54) is 13.2 Å². The van der Waals surface area contributed by atoms with Crippen molar-refractivity contribution in [2.24, 2.45) is 0 Å². The molecule has 34 heavy (non-hydrogen) atoms. The second kappa shape index (κ2) is 10.8. The van der Waals surface area contributed by atoms with E-state index in [-0.39, 0.29) is 49.4 Å². The Bertz CT molecular complexity index is 1150. The van der Waals surface area contributed by atoms with Crippen molar-refractivity contribution in [1.29, 1.82) is 0 Å². The predicted octanol–water partition coefficient (Wildman–Crippen LogP) is 4.62. The summed E-state index contributed by atoms with van der Waals surface area (Å²) in [4.78, 5) is 24.1. The van der Waals surface area contributed by atoms with Gasteiger partial charge in [0.05, 0.1) is 13.7 Å². The lowest BCUT2D eigenvalue weighted by atomic mass is 9.80. The molecule has 0 amide bonds. The molecular formula is C27H31FN2O4. The number of ether oxygens (including phenoxy) is 2. The van der Waals surface area contributed by atoms with Crippen molar-refractivity contribution < 1.29 is 23.5 Å². The van der Waals surface area contributed by atoms with E-state index in [9.17, 15) is 14.0 Å². The summed E-state index contributed by atoms with van der Waals surface area (Å²) >= 11 is 0. The van der Waals surface area contributed by atoms with E-state index in [2.05, 4.69) is 5.32 Å². The number of rotatable bonds is 8. The summed E-state index contributed by atoms with van der Waals surface area (Å²) in [6, 6.07) is 14.6. The molecule has 0 saturated heterocycles. The molecule has 1 fully saturated rings. The Labute approximate surface area is 199 Å². The number of carbonyl (C=O) groups excluding carboxylic acids is 2. The highest BCUT2D eigenvalue weighted by atomic mass is 19.1. The molecule has 0 unspecified atom stereocenters. The number of nitrogens with zero attached hydrogens (tertiary/aromatic N) is 1. The van der Waals surface area contributed by atoms with Crippen LogP contribution in [-0.2, 0) is 32.2 Å². The molecule has 1 N–H and O–H groups in total. The fourth-order valence-electron chi connectivity index (χ4n) is 5.00. The normalized spacial score (nSPS) is 18.1. The SMILES string of the molecule is COC(=O)Cn1c(C)c(C2CCC(NCC(=O)OCc3ccccc3)CC2)c2cc(F)ccc21. The molecule has 0 bridgehead atoms. The van der Waals surface area contributed by atoms with Crippen molar-refractivity contribution in [1.82, 2.24) is 9.88 Å². The summed E-state index contributed by atoms with van der Waals surface area (Å²) in [5.74, 6) is -0.606. The van der Waals surface area contributed by atoms with Gasteiger partial charge in [0.1, 0.15) is 19.0 Å². The van der Waals surface area contributed by atoms with Gasteiger partial charge in [-0.05, 0) is 67.9 Å². The van der Waals surface area contributed by atoms with Gasteiger partial charge < -0.3 is 19.4 Å². The number of carbonyl (C=O) groups is 2. The molecule has 180 valence electrons. The van der Waals surface area contributed by atoms with Gasteiger partial charge in [-0.25, -0.2) is 4.39 Å². The van der Waals surface area contributed by atoms with E-state index in [0.29, 0.717) is 0 Å². The number of aromatic nitrogens is 1. The summed E-state index contributed by atoms with van der Waals surface area (Å²) in [6.45, 7) is 2.56. The number of nitrogens with one attached hydrogen (secondary N) is 1. The summed E-state index contributed by atoms with van der Waals surface area (Å²) in [5.41, 5.74) is 3.90. The van der Waals surface area contributed by atoms with Gasteiger partial charge in [-0.3, -0.25) is 9.59 Å². The van der Waals surface area contributed by atoms with Gasteiger partial charge in [-0.1, -0.05) is 30.3 Å². The number of fused-ring (bicyclic) bond motifs is 1. The zero-order valence-corrected chi connectivity index (χ0v) is 19.7. The Morgan fingerprint density at radius 3 is 2.50 bits per heavy atom. The third kappa shape index (κ3) is 5.47. The fourth-order valence-corrected chi connectivity index (χ4v) is 5.00. The maximum Gasteiger partial charge on any atom is 0.325 e. The van der Waals surface area contributed by atoms with E-state index in [1.54, 1.807) is 12.1 Å². The molecule has 2 aromatic carbocycles. The molecule has 0 aliphatic heterocycles. The van der Waals surface area contributed by atoms with Gasteiger partial charge in [0.25, 0.3) is 0 Å². The highest BCUT2D eigenvalue weighted by molar-refractivity contribution is 5.87. The van der Waals surface area contributed by atoms with Crippen molar-refractivity contribution in [3.05, 3.63) is 71.2 Å². The minimum atomic E-state index is -0.331. The Balaban J connectivity index is 1.37. The van der Waals surface area contributed by atoms with Crippen LogP contribution in [0, 0.1) is 12.7 Å². The van der Waals surface area contributed by atoms with Gasteiger partial charge in [0.2, 0.25) is 0 Å². The number of esters is 2. The minimum absolute atomic E-state index is 0.104. The molecule has 7 heteroatoms. The van der Waals surface area contributed by atoms with Gasteiger partial charge in [0.15, 0.2) is 0 Å². The van der Waals surface area contributed by atoms with E-state index >= 15 is 0 Å². The van der Waals surface area contributed by atoms with Crippen LogP contribution >= 0.6 is 0 Å². The standard InChI is InChI=1S/C27H31FN2O4/c1-18-27(23-14-21(28)10-13-24(23)30(18)16-26(32)33-2)20-8-11-22(12-9-20)29-15-25(31)34-17-19-6-4-3-5-7-19/h3-7,10,13-14,20,22,29H,8-9,11-12,15-17H2,1-2H3. The number of hydrogen-bond donors (Lipinski definition) is 1. The van der Waals surface area contributed by atoms with Crippen molar-refractivity contribution in [3.8, 4) is 0 Å². The predicted molar refractivity (Wildman–Crippen MR) is 128 cm³/mol. The molecule has 3 aromatic rings. The molecule has 0 spiro atoms. The minimum Gasteiger partial charge on any atom is -0.468 e. The first-order valence-electron chi connectivity index (χ1n) is 11.7. The van der Waals surface area contributed by atoms with Crippen LogP contribution in [0.4, 0.5) is 4.39 Å². The molecule has 1 saturated carbocycles. The summed E-state index contributed by atoms with van der Waals surface area (Å²) in [7, 11) is 1.37. The molecule has 4 rings (SSSR count). The second-order valence-electron chi connectivity index (χ2n) is 8.90. The quantitative estimate of drug-likeness (QED) is 0.491. The van der Waals surface area contributed by atoms with E-state index in [4.69, 9.17) is 9.47 Å². The topological polar surface area (TPSA) is 69.6 Å². The molecule has 1 aliphatic rings. The first-order valence-corrected chi connectivity index (χ1v) is 11.7. The van der Waals surface area contributed by atoms with Crippen LogP contribution in [0.25, 0.3) is 10.9 Å². The van der Waals surface area contributed by atoms with Crippen LogP contribution < -0.4 is 5.32 Å². The second-order valence-corrected chi connectivity index (χ2v) is 8.90. The molecular weight excluding hydrogens is 435 g/mol. The Hall–Kier alpha value is -3.19. The zero-order chi connectivity index (χ0) is 24.1. The van der Waals surface area contributed by atoms with Gasteiger partial charge in [0, 0.05) is 22.6 Å². The molecule has 1 aromatic heterocycles. The summed E-state index contributed by atoms with van der Waals surface area (Å²) in [5, 5.41) is 4.19. The summed E-state index contributed by atoms with van der Waals surface area (Å²) in [6.07, 6.45) is 3.67. The first kappa shape index (κ1) is 24.0. The molecule has 1 aliphatic carbocycles. The average molecular weight is 467 g/mol. The lowest BCUT2D eigenvalue weighted by Crippen LogP contribution is -2.37. The Morgan fingerprint density at radius 1 is 1.06 bits per heavy atom. The van der Waals surface area contributed by atoms with Crippen molar-refractivity contribution >= 4 is 22.8 Å². The van der Waals surface area contributed by atoms with E-state index in [0.717, 1.165) is 53.4 Å². The van der Waals surface area contributed by atoms with Gasteiger partial charge in [-0.2, -0.15) is 0 Å². The maximum atomic E-state index is 14.1. The smallest absolute Gasteiger partial charge is 0.325 e. The highest BCUT2D eigenvalue weighted by Gasteiger charge is 2.28. The zero-order valence-electron chi connectivity index (χ0n) is 19.7. The van der Waals surface area contributed by atoms with Crippen LogP contribution in [0.15, 0.2) is 48.5 Å². The van der Waals surface area contributed by atoms with E-state index < -0.39 is 0 Å². The lowest BCUT2D eigenvalue weighted by Gasteiger charge is -2.29. The summed E-state index contributed by atoms with van der Waals surface area (Å²) < 4.78 is 26.2. The van der Waals surface area contributed by atoms with E-state index in [1.807, 2.05) is 41.8 Å². The Kier molecular flexibility index (Phi) is 7.63. The number of benzene rings is 2. The third-order valence-corrected chi connectivity index (χ3v) is 6.76. The average Bonchev–Trinajstić information content (AvgIpc) is 3.12. The van der Waals surface area contributed by atoms with Gasteiger partial charge >= 0.3 is 11.9 Å². The number of hydrogen-bond acceptors (Lipinski definition) is 5. The van der Waals surface area contributed by atoms with Crippen LogP contribution in [0.1, 0.15) is 48.4 Å².